The minimum absolute atomic E-state index is 0.0648. The Morgan fingerprint density at radius 3 is 2.66 bits per heavy atom. The van der Waals surface area contributed by atoms with E-state index in [1.165, 1.54) is 37.9 Å². The molecule has 0 spiro atoms. The van der Waals surface area contributed by atoms with Crippen LogP contribution in [-0.2, 0) is 11.2 Å². The molecule has 3 aliphatic rings. The van der Waals surface area contributed by atoms with Gasteiger partial charge in [-0.2, -0.15) is 0 Å². The molecule has 3 aliphatic heterocycles. The molecule has 0 aliphatic carbocycles. The normalized spacial score (nSPS) is 17.6. The number of aryl methyl sites for hydroxylation is 2. The SMILES string of the molecule is CN1CCC(CCc2ccc3c(c2)NC(=O)CO3)CC1.Cc1ccc2c3c(ccc2n1)OCCO3. The summed E-state index contributed by atoms with van der Waals surface area (Å²) in [4.78, 5) is 18.2. The molecule has 7 nitrogen and oxygen atoms in total. The number of aromatic nitrogens is 1. The molecule has 0 radical (unpaired) electrons. The van der Waals surface area contributed by atoms with E-state index < -0.39 is 0 Å². The van der Waals surface area contributed by atoms with Gasteiger partial charge in [0.15, 0.2) is 18.1 Å². The Kier molecular flexibility index (Phi) is 7.04. The summed E-state index contributed by atoms with van der Waals surface area (Å²) in [5.74, 6) is 3.20. The van der Waals surface area contributed by atoms with Crippen LogP contribution in [-0.4, -0.2) is 55.7 Å². The van der Waals surface area contributed by atoms with Crippen molar-refractivity contribution in [2.45, 2.75) is 32.6 Å². The average Bonchev–Trinajstić information content (AvgIpc) is 2.88. The Morgan fingerprint density at radius 1 is 1.00 bits per heavy atom. The number of carbonyl (C=O) groups excluding carboxylic acids is 1. The first kappa shape index (κ1) is 23.4. The van der Waals surface area contributed by atoms with Gasteiger partial charge in [0.25, 0.3) is 5.91 Å². The van der Waals surface area contributed by atoms with Gasteiger partial charge in [-0.25, -0.2) is 0 Å². The summed E-state index contributed by atoms with van der Waals surface area (Å²) < 4.78 is 16.5. The van der Waals surface area contributed by atoms with E-state index >= 15 is 0 Å². The highest BCUT2D eigenvalue weighted by Crippen LogP contribution is 2.36. The highest BCUT2D eigenvalue weighted by molar-refractivity contribution is 5.95. The zero-order chi connectivity index (χ0) is 24.2. The number of amides is 1. The van der Waals surface area contributed by atoms with Crippen LogP contribution in [0.15, 0.2) is 42.5 Å². The second-order valence-electron chi connectivity index (χ2n) is 9.56. The molecule has 0 saturated carbocycles. The van der Waals surface area contributed by atoms with Crippen LogP contribution < -0.4 is 19.5 Å². The van der Waals surface area contributed by atoms with E-state index in [1.807, 2.05) is 37.3 Å². The van der Waals surface area contributed by atoms with Gasteiger partial charge in [0.2, 0.25) is 0 Å². The molecule has 6 rings (SSSR count). The Balaban J connectivity index is 0.000000151. The maximum atomic E-state index is 11.3. The minimum Gasteiger partial charge on any atom is -0.486 e. The Bertz CT molecular complexity index is 1200. The van der Waals surface area contributed by atoms with Crippen LogP contribution >= 0.6 is 0 Å². The minimum atomic E-state index is -0.0648. The molecule has 1 N–H and O–H groups in total. The number of pyridine rings is 1. The molecule has 1 aromatic heterocycles. The van der Waals surface area contributed by atoms with E-state index in [-0.39, 0.29) is 12.5 Å². The van der Waals surface area contributed by atoms with Gasteiger partial charge in [-0.3, -0.25) is 9.78 Å². The van der Waals surface area contributed by atoms with Crippen LogP contribution in [0.3, 0.4) is 0 Å². The number of rotatable bonds is 3. The van der Waals surface area contributed by atoms with Gasteiger partial charge in [0.05, 0.1) is 11.2 Å². The first-order chi connectivity index (χ1) is 17.0. The molecule has 2 aromatic carbocycles. The predicted octanol–water partition coefficient (Wildman–Crippen LogP) is 4.61. The molecule has 1 saturated heterocycles. The fourth-order valence-corrected chi connectivity index (χ4v) is 4.82. The number of ether oxygens (including phenoxy) is 3. The molecule has 1 amide bonds. The monoisotopic (exact) mass is 475 g/mol. The van der Waals surface area contributed by atoms with Gasteiger partial charge >= 0.3 is 0 Å². The van der Waals surface area contributed by atoms with Crippen LogP contribution in [0.1, 0.15) is 30.5 Å². The number of piperidine rings is 1. The third-order valence-electron chi connectivity index (χ3n) is 6.87. The number of hydrogen-bond acceptors (Lipinski definition) is 6. The maximum Gasteiger partial charge on any atom is 0.262 e. The summed E-state index contributed by atoms with van der Waals surface area (Å²) >= 11 is 0. The zero-order valence-electron chi connectivity index (χ0n) is 20.5. The van der Waals surface area contributed by atoms with Gasteiger partial charge in [-0.15, -0.1) is 0 Å². The number of nitrogens with one attached hydrogen (secondary N) is 1. The van der Waals surface area contributed by atoms with Gasteiger partial charge in [0.1, 0.15) is 19.0 Å². The summed E-state index contributed by atoms with van der Waals surface area (Å²) in [5.41, 5.74) is 4.08. The first-order valence-electron chi connectivity index (χ1n) is 12.5. The lowest BCUT2D eigenvalue weighted by Gasteiger charge is -2.29. The fourth-order valence-electron chi connectivity index (χ4n) is 4.82. The van der Waals surface area contributed by atoms with Crippen molar-refractivity contribution < 1.29 is 19.0 Å². The molecule has 0 unspecified atom stereocenters. The molecular formula is C28H33N3O4. The first-order valence-corrected chi connectivity index (χ1v) is 12.5. The lowest BCUT2D eigenvalue weighted by molar-refractivity contribution is -0.118. The molecule has 1 fully saturated rings. The van der Waals surface area contributed by atoms with Gasteiger partial charge in [-0.05, 0) is 101 Å². The summed E-state index contributed by atoms with van der Waals surface area (Å²) in [7, 11) is 2.20. The molecule has 0 bridgehead atoms. The second kappa shape index (κ2) is 10.5. The van der Waals surface area contributed by atoms with Crippen LogP contribution in [0.25, 0.3) is 10.9 Å². The van der Waals surface area contributed by atoms with Gasteiger partial charge < -0.3 is 24.4 Å². The number of fused-ring (bicyclic) bond motifs is 4. The smallest absolute Gasteiger partial charge is 0.262 e. The van der Waals surface area contributed by atoms with E-state index in [0.29, 0.717) is 13.2 Å². The maximum absolute atomic E-state index is 11.3. The van der Waals surface area contributed by atoms with E-state index in [0.717, 1.165) is 51.9 Å². The lowest BCUT2D eigenvalue weighted by atomic mass is 9.90. The highest BCUT2D eigenvalue weighted by Gasteiger charge is 2.19. The Morgan fingerprint density at radius 2 is 1.80 bits per heavy atom. The number of carbonyl (C=O) groups is 1. The molecule has 3 aromatic rings. The van der Waals surface area contributed by atoms with Crippen molar-refractivity contribution in [1.29, 1.82) is 0 Å². The van der Waals surface area contributed by atoms with Crippen molar-refractivity contribution in [2.75, 3.05) is 45.3 Å². The van der Waals surface area contributed by atoms with Crippen molar-refractivity contribution in [3.8, 4) is 17.2 Å². The largest absolute Gasteiger partial charge is 0.486 e. The number of hydrogen-bond donors (Lipinski definition) is 1. The lowest BCUT2D eigenvalue weighted by Crippen LogP contribution is -2.30. The predicted molar refractivity (Wildman–Crippen MR) is 137 cm³/mol. The van der Waals surface area contributed by atoms with Crippen LogP contribution in [0.2, 0.25) is 0 Å². The number of anilines is 1. The van der Waals surface area contributed by atoms with E-state index in [2.05, 4.69) is 34.4 Å². The molecule has 184 valence electrons. The van der Waals surface area contributed by atoms with Gasteiger partial charge in [0, 0.05) is 11.1 Å². The van der Waals surface area contributed by atoms with E-state index in [1.54, 1.807) is 0 Å². The number of benzene rings is 2. The van der Waals surface area contributed by atoms with Crippen molar-refractivity contribution in [1.82, 2.24) is 9.88 Å². The van der Waals surface area contributed by atoms with E-state index in [4.69, 9.17) is 14.2 Å². The number of likely N-dealkylation sites (tertiary alicyclic amines) is 1. The van der Waals surface area contributed by atoms with Gasteiger partial charge in [-0.1, -0.05) is 6.07 Å². The second-order valence-corrected chi connectivity index (χ2v) is 9.56. The molecular weight excluding hydrogens is 442 g/mol. The van der Waals surface area contributed by atoms with E-state index in [9.17, 15) is 4.79 Å². The summed E-state index contributed by atoms with van der Waals surface area (Å²) in [5, 5.41) is 3.90. The molecule has 0 atom stereocenters. The topological polar surface area (TPSA) is 72.9 Å². The van der Waals surface area contributed by atoms with Crippen molar-refractivity contribution in [3.63, 3.8) is 0 Å². The quantitative estimate of drug-likeness (QED) is 0.597. The fraction of sp³-hybridized carbons (Fsp3) is 0.429. The number of nitrogens with zero attached hydrogens (tertiary/aromatic N) is 2. The van der Waals surface area contributed by atoms with Crippen LogP contribution in [0.5, 0.6) is 17.2 Å². The molecule has 7 heteroatoms. The van der Waals surface area contributed by atoms with Crippen molar-refractivity contribution in [3.05, 3.63) is 53.7 Å². The average molecular weight is 476 g/mol. The van der Waals surface area contributed by atoms with Crippen molar-refractivity contribution >= 4 is 22.5 Å². The summed E-state index contributed by atoms with van der Waals surface area (Å²) in [6, 6.07) is 14.1. The molecule has 35 heavy (non-hydrogen) atoms. The standard InChI is InChI=1S/C16H22N2O2.C12H11NO2/c1-18-8-6-12(7-9-18)2-3-13-4-5-15-14(10-13)17-16(19)11-20-15;1-8-2-3-9-10(13-8)4-5-11-12(9)15-7-6-14-11/h4-5,10,12H,2-3,6-9,11H2,1H3,(H,17,19);2-5H,6-7H2,1H3. The third kappa shape index (κ3) is 5.68. The zero-order valence-corrected chi connectivity index (χ0v) is 20.5. The Labute approximate surface area is 206 Å². The highest BCUT2D eigenvalue weighted by atomic mass is 16.6. The van der Waals surface area contributed by atoms with Crippen LogP contribution in [0.4, 0.5) is 5.69 Å². The summed E-state index contributed by atoms with van der Waals surface area (Å²) in [6.07, 6.45) is 4.93. The summed E-state index contributed by atoms with van der Waals surface area (Å²) in [6.45, 7) is 5.79. The van der Waals surface area contributed by atoms with Crippen molar-refractivity contribution in [2.24, 2.45) is 5.92 Å². The van der Waals surface area contributed by atoms with Crippen LogP contribution in [0, 0.1) is 12.8 Å². The molecule has 4 heterocycles. The third-order valence-corrected chi connectivity index (χ3v) is 6.87. The Hall–Kier alpha value is -3.32.